The van der Waals surface area contributed by atoms with E-state index >= 15 is 0 Å². The molecule has 0 radical (unpaired) electrons. The molecule has 0 amide bonds. The molecule has 1 aliphatic carbocycles. The van der Waals surface area contributed by atoms with E-state index in [2.05, 4.69) is 41.0 Å². The third-order valence-corrected chi connectivity index (χ3v) is 5.02. The molecule has 6 nitrogen and oxygen atoms in total. The quantitative estimate of drug-likeness (QED) is 0.365. The zero-order chi connectivity index (χ0) is 17.9. The molecule has 0 atom stereocenters. The number of rotatable bonds is 10. The fourth-order valence-electron chi connectivity index (χ4n) is 3.11. The second kappa shape index (κ2) is 11.7. The van der Waals surface area contributed by atoms with Crippen molar-refractivity contribution in [2.24, 2.45) is 10.9 Å². The SMILES string of the molecule is CCNC(=NCCCN1CCCN(C)CC1)N(C)CCOCC1CC1. The highest BCUT2D eigenvalue weighted by Crippen LogP contribution is 2.28. The molecule has 1 saturated carbocycles. The second-order valence-corrected chi connectivity index (χ2v) is 7.53. The van der Waals surface area contributed by atoms with Crippen LogP contribution in [-0.4, -0.2) is 100 Å². The number of nitrogens with zero attached hydrogens (tertiary/aromatic N) is 4. The largest absolute Gasteiger partial charge is 0.379 e. The van der Waals surface area contributed by atoms with Crippen molar-refractivity contribution < 1.29 is 4.74 Å². The summed E-state index contributed by atoms with van der Waals surface area (Å²) in [4.78, 5) is 12.0. The lowest BCUT2D eigenvalue weighted by atomic mass is 10.3. The predicted molar refractivity (Wildman–Crippen MR) is 105 cm³/mol. The fraction of sp³-hybridized carbons (Fsp3) is 0.947. The van der Waals surface area contributed by atoms with Gasteiger partial charge in [-0.05, 0) is 65.2 Å². The Morgan fingerprint density at radius 1 is 1.24 bits per heavy atom. The Labute approximate surface area is 154 Å². The molecule has 1 saturated heterocycles. The van der Waals surface area contributed by atoms with Gasteiger partial charge in [0.25, 0.3) is 0 Å². The summed E-state index contributed by atoms with van der Waals surface area (Å²) in [5, 5.41) is 3.40. The maximum absolute atomic E-state index is 5.75. The molecule has 0 unspecified atom stereocenters. The summed E-state index contributed by atoms with van der Waals surface area (Å²) in [6, 6.07) is 0. The molecular formula is C19H39N5O. The molecule has 146 valence electrons. The molecule has 25 heavy (non-hydrogen) atoms. The summed E-state index contributed by atoms with van der Waals surface area (Å²) in [6.45, 7) is 12.5. The molecular weight excluding hydrogens is 314 g/mol. The maximum Gasteiger partial charge on any atom is 0.193 e. The molecule has 0 aromatic heterocycles. The van der Waals surface area contributed by atoms with E-state index in [1.54, 1.807) is 0 Å². The van der Waals surface area contributed by atoms with Crippen LogP contribution in [0.1, 0.15) is 32.6 Å². The van der Waals surface area contributed by atoms with Crippen molar-refractivity contribution in [2.45, 2.75) is 32.6 Å². The van der Waals surface area contributed by atoms with Crippen molar-refractivity contribution in [3.63, 3.8) is 0 Å². The molecule has 6 heteroatoms. The maximum atomic E-state index is 5.75. The average molecular weight is 354 g/mol. The van der Waals surface area contributed by atoms with E-state index in [1.165, 1.54) is 45.4 Å². The van der Waals surface area contributed by atoms with Gasteiger partial charge in [-0.2, -0.15) is 0 Å². The number of hydrogen-bond acceptors (Lipinski definition) is 4. The molecule has 2 rings (SSSR count). The summed E-state index contributed by atoms with van der Waals surface area (Å²) in [6.07, 6.45) is 5.12. The highest BCUT2D eigenvalue weighted by molar-refractivity contribution is 5.79. The van der Waals surface area contributed by atoms with Crippen LogP contribution in [0.25, 0.3) is 0 Å². The fourth-order valence-corrected chi connectivity index (χ4v) is 3.11. The van der Waals surface area contributed by atoms with Crippen LogP contribution in [0.5, 0.6) is 0 Å². The summed E-state index contributed by atoms with van der Waals surface area (Å²) < 4.78 is 5.75. The number of likely N-dealkylation sites (N-methyl/N-ethyl adjacent to an activating group) is 2. The van der Waals surface area contributed by atoms with E-state index in [4.69, 9.17) is 9.73 Å². The van der Waals surface area contributed by atoms with Crippen molar-refractivity contribution >= 4 is 5.96 Å². The molecule has 1 heterocycles. The number of guanidine groups is 1. The molecule has 2 aliphatic rings. The van der Waals surface area contributed by atoms with Crippen molar-refractivity contribution in [2.75, 3.05) is 79.7 Å². The Morgan fingerprint density at radius 2 is 2.08 bits per heavy atom. The standard InChI is InChI=1S/C19H39N5O/c1-4-20-19(23(3)15-16-25-17-18-7-8-18)21-9-5-11-24-12-6-10-22(2)13-14-24/h18H,4-17H2,1-3H3,(H,20,21). The predicted octanol–water partition coefficient (Wildman–Crippen LogP) is 1.34. The molecule has 0 bridgehead atoms. The van der Waals surface area contributed by atoms with Crippen molar-refractivity contribution in [3.8, 4) is 0 Å². The minimum absolute atomic E-state index is 0.790. The van der Waals surface area contributed by atoms with Crippen LogP contribution in [0.2, 0.25) is 0 Å². The van der Waals surface area contributed by atoms with Gasteiger partial charge in [0.2, 0.25) is 0 Å². The van der Waals surface area contributed by atoms with Gasteiger partial charge in [-0.15, -0.1) is 0 Å². The first-order valence-corrected chi connectivity index (χ1v) is 10.2. The van der Waals surface area contributed by atoms with Gasteiger partial charge >= 0.3 is 0 Å². The van der Waals surface area contributed by atoms with Gasteiger partial charge in [-0.25, -0.2) is 0 Å². The number of ether oxygens (including phenoxy) is 1. The van der Waals surface area contributed by atoms with E-state index in [1.807, 2.05) is 0 Å². The van der Waals surface area contributed by atoms with E-state index in [0.29, 0.717) is 0 Å². The molecule has 1 N–H and O–H groups in total. The van der Waals surface area contributed by atoms with Crippen molar-refractivity contribution in [1.29, 1.82) is 0 Å². The third-order valence-electron chi connectivity index (χ3n) is 5.02. The van der Waals surface area contributed by atoms with Gasteiger partial charge in [0.05, 0.1) is 6.61 Å². The number of aliphatic imine (C=N–C) groups is 1. The van der Waals surface area contributed by atoms with Gasteiger partial charge in [-0.1, -0.05) is 0 Å². The summed E-state index contributed by atoms with van der Waals surface area (Å²) >= 11 is 0. The number of hydrogen-bond donors (Lipinski definition) is 1. The van der Waals surface area contributed by atoms with Gasteiger partial charge in [0.15, 0.2) is 5.96 Å². The summed E-state index contributed by atoms with van der Waals surface area (Å²) in [5.41, 5.74) is 0. The Balaban J connectivity index is 1.62. The Bertz CT molecular complexity index is 386. The van der Waals surface area contributed by atoms with Gasteiger partial charge in [-0.3, -0.25) is 4.99 Å². The van der Waals surface area contributed by atoms with E-state index in [9.17, 15) is 0 Å². The second-order valence-electron chi connectivity index (χ2n) is 7.53. The molecule has 0 spiro atoms. The highest BCUT2D eigenvalue weighted by atomic mass is 16.5. The minimum atomic E-state index is 0.790. The van der Waals surface area contributed by atoms with Crippen LogP contribution in [0.4, 0.5) is 0 Å². The van der Waals surface area contributed by atoms with Crippen molar-refractivity contribution in [1.82, 2.24) is 20.0 Å². The topological polar surface area (TPSA) is 43.3 Å². The van der Waals surface area contributed by atoms with Crippen LogP contribution in [0.15, 0.2) is 4.99 Å². The first kappa shape index (κ1) is 20.5. The molecule has 0 aromatic rings. The lowest BCUT2D eigenvalue weighted by Gasteiger charge is -2.22. The van der Waals surface area contributed by atoms with Crippen LogP contribution >= 0.6 is 0 Å². The van der Waals surface area contributed by atoms with Gasteiger partial charge in [0.1, 0.15) is 0 Å². The smallest absolute Gasteiger partial charge is 0.193 e. The average Bonchev–Trinajstić information content (AvgIpc) is 3.43. The van der Waals surface area contributed by atoms with E-state index in [-0.39, 0.29) is 0 Å². The number of nitrogens with one attached hydrogen (secondary N) is 1. The monoisotopic (exact) mass is 353 g/mol. The molecule has 2 fully saturated rings. The van der Waals surface area contributed by atoms with Gasteiger partial charge in [0, 0.05) is 46.4 Å². The zero-order valence-electron chi connectivity index (χ0n) is 16.7. The zero-order valence-corrected chi connectivity index (χ0v) is 16.7. The molecule has 1 aliphatic heterocycles. The van der Waals surface area contributed by atoms with E-state index < -0.39 is 0 Å². The first-order chi connectivity index (χ1) is 12.2. The minimum Gasteiger partial charge on any atom is -0.379 e. The summed E-state index contributed by atoms with van der Waals surface area (Å²) in [7, 11) is 4.33. The Kier molecular flexibility index (Phi) is 9.58. The van der Waals surface area contributed by atoms with Crippen LogP contribution in [0, 0.1) is 5.92 Å². The first-order valence-electron chi connectivity index (χ1n) is 10.2. The molecule has 0 aromatic carbocycles. The van der Waals surface area contributed by atoms with Gasteiger partial charge < -0.3 is 24.8 Å². The van der Waals surface area contributed by atoms with E-state index in [0.717, 1.165) is 57.7 Å². The van der Waals surface area contributed by atoms with Crippen LogP contribution < -0.4 is 5.32 Å². The Hall–Kier alpha value is -0.850. The van der Waals surface area contributed by atoms with Crippen LogP contribution in [-0.2, 0) is 4.74 Å². The lowest BCUT2D eigenvalue weighted by molar-refractivity contribution is 0.115. The lowest BCUT2D eigenvalue weighted by Crippen LogP contribution is -2.40. The Morgan fingerprint density at radius 3 is 2.84 bits per heavy atom. The van der Waals surface area contributed by atoms with Crippen molar-refractivity contribution in [3.05, 3.63) is 0 Å². The normalized spacial score (nSPS) is 20.5. The highest BCUT2D eigenvalue weighted by Gasteiger charge is 2.21. The third kappa shape index (κ3) is 8.88. The summed E-state index contributed by atoms with van der Waals surface area (Å²) in [5.74, 6) is 1.85. The van der Waals surface area contributed by atoms with Crippen LogP contribution in [0.3, 0.4) is 0 Å².